The summed E-state index contributed by atoms with van der Waals surface area (Å²) in [6, 6.07) is 3.07. The molecule has 14 heavy (non-hydrogen) atoms. The minimum atomic E-state index is -0.311. The van der Waals surface area contributed by atoms with Crippen LogP contribution in [-0.2, 0) is 4.79 Å². The van der Waals surface area contributed by atoms with Gasteiger partial charge in [-0.2, -0.15) is 0 Å². The molecule has 1 N–H and O–H groups in total. The summed E-state index contributed by atoms with van der Waals surface area (Å²) in [6.07, 6.45) is 0.316. The van der Waals surface area contributed by atoms with E-state index >= 15 is 0 Å². The Morgan fingerprint density at radius 2 is 1.93 bits per heavy atom. The summed E-state index contributed by atoms with van der Waals surface area (Å²) in [5.41, 5.74) is 0. The van der Waals surface area contributed by atoms with E-state index in [4.69, 9.17) is 4.74 Å². The van der Waals surface area contributed by atoms with Crippen LogP contribution in [0.2, 0.25) is 0 Å². The number of carbonyl (C=O) groups is 1. The number of benzene rings is 1. The van der Waals surface area contributed by atoms with Crippen LogP contribution in [0.25, 0.3) is 0 Å². The number of rotatable bonds is 2. The fourth-order valence-corrected chi connectivity index (χ4v) is 1.95. The first kappa shape index (κ1) is 11.5. The highest BCUT2D eigenvalue weighted by molar-refractivity contribution is 9.11. The fourth-order valence-electron chi connectivity index (χ4n) is 0.805. The highest BCUT2D eigenvalue weighted by atomic mass is 79.9. The van der Waals surface area contributed by atoms with Crippen LogP contribution in [0.15, 0.2) is 21.1 Å². The van der Waals surface area contributed by atoms with E-state index in [0.717, 1.165) is 0 Å². The van der Waals surface area contributed by atoms with Crippen LogP contribution in [0.4, 0.5) is 0 Å². The molecule has 5 heteroatoms. The van der Waals surface area contributed by atoms with Gasteiger partial charge in [0, 0.05) is 6.42 Å². The molecule has 0 atom stereocenters. The number of phenolic OH excluding ortho intramolecular Hbond substituents is 1. The Morgan fingerprint density at radius 1 is 1.43 bits per heavy atom. The maximum atomic E-state index is 11.0. The Morgan fingerprint density at radius 3 is 2.36 bits per heavy atom. The molecule has 1 rings (SSSR count). The van der Waals surface area contributed by atoms with Crippen LogP contribution >= 0.6 is 31.9 Å². The van der Waals surface area contributed by atoms with Crippen molar-refractivity contribution in [3.8, 4) is 11.5 Å². The van der Waals surface area contributed by atoms with Gasteiger partial charge >= 0.3 is 5.97 Å². The number of aromatic hydroxyl groups is 1. The quantitative estimate of drug-likeness (QED) is 0.671. The predicted octanol–water partition coefficient (Wildman–Crippen LogP) is 3.23. The second-order valence-corrected chi connectivity index (χ2v) is 4.27. The summed E-state index contributed by atoms with van der Waals surface area (Å²) >= 11 is 6.27. The van der Waals surface area contributed by atoms with E-state index in [1.54, 1.807) is 6.92 Å². The average molecular weight is 324 g/mol. The van der Waals surface area contributed by atoms with E-state index in [0.29, 0.717) is 21.1 Å². The highest BCUT2D eigenvalue weighted by Gasteiger charge is 2.08. The van der Waals surface area contributed by atoms with Gasteiger partial charge in [0.25, 0.3) is 0 Å². The van der Waals surface area contributed by atoms with Crippen molar-refractivity contribution < 1.29 is 14.6 Å². The number of ether oxygens (including phenoxy) is 1. The van der Waals surface area contributed by atoms with Gasteiger partial charge in [0.1, 0.15) is 11.5 Å². The first-order valence-corrected chi connectivity index (χ1v) is 5.52. The van der Waals surface area contributed by atoms with Crippen molar-refractivity contribution in [1.82, 2.24) is 0 Å². The van der Waals surface area contributed by atoms with Crippen LogP contribution in [0.5, 0.6) is 11.5 Å². The molecule has 0 saturated carbocycles. The SMILES string of the molecule is CCC(=O)Oc1cc(Br)c(O)c(Br)c1. The molecule has 0 fully saturated rings. The standard InChI is InChI=1S/C9H8Br2O3/c1-2-8(12)14-5-3-6(10)9(13)7(11)4-5/h3-4,13H,2H2,1H3. The smallest absolute Gasteiger partial charge is 0.310 e. The maximum Gasteiger partial charge on any atom is 0.310 e. The number of hydrogen-bond donors (Lipinski definition) is 1. The minimum absolute atomic E-state index is 0.0845. The molecule has 0 aromatic heterocycles. The summed E-state index contributed by atoms with van der Waals surface area (Å²) in [5, 5.41) is 9.39. The highest BCUT2D eigenvalue weighted by Crippen LogP contribution is 2.36. The first-order chi connectivity index (χ1) is 6.54. The van der Waals surface area contributed by atoms with Crippen molar-refractivity contribution in [3.63, 3.8) is 0 Å². The number of carbonyl (C=O) groups excluding carboxylic acids is 1. The molecular formula is C9H8Br2O3. The zero-order chi connectivity index (χ0) is 10.7. The summed E-state index contributed by atoms with van der Waals surface area (Å²) < 4.78 is 5.93. The first-order valence-electron chi connectivity index (χ1n) is 3.93. The molecule has 0 heterocycles. The van der Waals surface area contributed by atoms with Crippen LogP contribution < -0.4 is 4.74 Å². The molecule has 0 radical (unpaired) electrons. The van der Waals surface area contributed by atoms with Crippen molar-refractivity contribution in [2.24, 2.45) is 0 Å². The van der Waals surface area contributed by atoms with Gasteiger partial charge in [-0.25, -0.2) is 0 Å². The largest absolute Gasteiger partial charge is 0.506 e. The lowest BCUT2D eigenvalue weighted by Gasteiger charge is -2.05. The third-order valence-electron chi connectivity index (χ3n) is 1.51. The molecule has 0 unspecified atom stereocenters. The fraction of sp³-hybridized carbons (Fsp3) is 0.222. The minimum Gasteiger partial charge on any atom is -0.506 e. The van der Waals surface area contributed by atoms with Gasteiger partial charge in [-0.1, -0.05) is 6.92 Å². The monoisotopic (exact) mass is 322 g/mol. The molecule has 76 valence electrons. The summed E-state index contributed by atoms with van der Waals surface area (Å²) in [6.45, 7) is 1.72. The van der Waals surface area contributed by atoms with Crippen molar-refractivity contribution in [3.05, 3.63) is 21.1 Å². The molecule has 0 bridgehead atoms. The second-order valence-electron chi connectivity index (χ2n) is 2.56. The van der Waals surface area contributed by atoms with E-state index in [1.165, 1.54) is 12.1 Å². The van der Waals surface area contributed by atoms with Gasteiger partial charge < -0.3 is 9.84 Å². The Kier molecular flexibility index (Phi) is 3.95. The molecule has 1 aromatic rings. The molecule has 3 nitrogen and oxygen atoms in total. The molecular weight excluding hydrogens is 316 g/mol. The van der Waals surface area contributed by atoms with E-state index in [-0.39, 0.29) is 11.7 Å². The van der Waals surface area contributed by atoms with E-state index < -0.39 is 0 Å². The van der Waals surface area contributed by atoms with E-state index in [1.807, 2.05) is 0 Å². The number of esters is 1. The maximum absolute atomic E-state index is 11.0. The molecule has 1 aromatic carbocycles. The number of hydrogen-bond acceptors (Lipinski definition) is 3. The van der Waals surface area contributed by atoms with E-state index in [9.17, 15) is 9.90 Å². The van der Waals surface area contributed by atoms with Crippen LogP contribution in [0.1, 0.15) is 13.3 Å². The second kappa shape index (κ2) is 4.79. The van der Waals surface area contributed by atoms with Crippen molar-refractivity contribution in [2.75, 3.05) is 0 Å². The average Bonchev–Trinajstić information content (AvgIpc) is 2.14. The topological polar surface area (TPSA) is 46.5 Å². The van der Waals surface area contributed by atoms with Crippen LogP contribution in [0.3, 0.4) is 0 Å². The Labute approximate surface area is 98.3 Å². The summed E-state index contributed by atoms with van der Waals surface area (Å²) in [5.74, 6) is 0.171. The normalized spacial score (nSPS) is 9.93. The Hall–Kier alpha value is -0.550. The number of phenols is 1. The van der Waals surface area contributed by atoms with Gasteiger partial charge in [0.15, 0.2) is 0 Å². The lowest BCUT2D eigenvalue weighted by molar-refractivity contribution is -0.134. The van der Waals surface area contributed by atoms with Crippen LogP contribution in [-0.4, -0.2) is 11.1 Å². The Bertz CT molecular complexity index is 340. The van der Waals surface area contributed by atoms with Crippen molar-refractivity contribution in [2.45, 2.75) is 13.3 Å². The molecule has 0 amide bonds. The van der Waals surface area contributed by atoms with Gasteiger partial charge in [-0.15, -0.1) is 0 Å². The van der Waals surface area contributed by atoms with Gasteiger partial charge in [-0.05, 0) is 44.0 Å². The zero-order valence-electron chi connectivity index (χ0n) is 7.38. The number of halogens is 2. The van der Waals surface area contributed by atoms with Gasteiger partial charge in [0.2, 0.25) is 0 Å². The predicted molar refractivity (Wildman–Crippen MR) is 59.4 cm³/mol. The summed E-state index contributed by atoms with van der Waals surface area (Å²) in [4.78, 5) is 11.0. The zero-order valence-corrected chi connectivity index (χ0v) is 10.6. The molecule has 0 aliphatic carbocycles. The van der Waals surface area contributed by atoms with Crippen molar-refractivity contribution >= 4 is 37.8 Å². The molecule has 0 saturated heterocycles. The summed E-state index contributed by atoms with van der Waals surface area (Å²) in [7, 11) is 0. The van der Waals surface area contributed by atoms with Crippen molar-refractivity contribution in [1.29, 1.82) is 0 Å². The lowest BCUT2D eigenvalue weighted by Crippen LogP contribution is -2.05. The third-order valence-corrected chi connectivity index (χ3v) is 2.72. The van der Waals surface area contributed by atoms with Gasteiger partial charge in [0.05, 0.1) is 8.95 Å². The van der Waals surface area contributed by atoms with Crippen LogP contribution in [0, 0.1) is 0 Å². The van der Waals surface area contributed by atoms with Gasteiger partial charge in [-0.3, -0.25) is 4.79 Å². The third kappa shape index (κ3) is 2.72. The Balaban J connectivity index is 2.95. The molecule has 0 aliphatic heterocycles. The lowest BCUT2D eigenvalue weighted by atomic mass is 10.3. The molecule has 0 spiro atoms. The van der Waals surface area contributed by atoms with E-state index in [2.05, 4.69) is 31.9 Å². The molecule has 0 aliphatic rings.